The molecule has 2 unspecified atom stereocenters. The molecule has 0 heterocycles. The quantitative estimate of drug-likeness (QED) is 0.633. The Labute approximate surface area is 107 Å². The second-order valence-corrected chi connectivity index (χ2v) is 5.48. The Morgan fingerprint density at radius 3 is 1.53 bits per heavy atom. The van der Waals surface area contributed by atoms with Gasteiger partial charge in [0.1, 0.15) is 10.5 Å². The van der Waals surface area contributed by atoms with Crippen LogP contribution in [0.5, 0.6) is 0 Å². The molecule has 0 saturated heterocycles. The number of carboxylic acids is 2. The number of unbranched alkanes of at least 4 members (excludes halogenated alkanes) is 2. The van der Waals surface area contributed by atoms with Crippen LogP contribution in [-0.2, 0) is 9.59 Å². The lowest BCUT2D eigenvalue weighted by molar-refractivity contribution is -0.136. The molecule has 2 atom stereocenters. The third-order valence-corrected chi connectivity index (χ3v) is 4.05. The van der Waals surface area contributed by atoms with E-state index in [1.165, 1.54) is 0 Å². The predicted octanol–water partition coefficient (Wildman–Crippen LogP) is 3.01. The van der Waals surface area contributed by atoms with E-state index in [2.05, 4.69) is 0 Å². The Balaban J connectivity index is 4.34. The van der Waals surface area contributed by atoms with Crippen molar-refractivity contribution in [1.82, 2.24) is 0 Å². The summed E-state index contributed by atoms with van der Waals surface area (Å²) >= 11 is 1.09. The Hall–Kier alpha value is -0.710. The van der Waals surface area contributed by atoms with Crippen molar-refractivity contribution in [2.45, 2.75) is 62.9 Å². The van der Waals surface area contributed by atoms with Gasteiger partial charge in [0.2, 0.25) is 0 Å². The third kappa shape index (κ3) is 7.26. The maximum absolute atomic E-state index is 11.0. The maximum atomic E-state index is 11.0. The first-order valence-corrected chi connectivity index (χ1v) is 7.08. The van der Waals surface area contributed by atoms with Crippen molar-refractivity contribution >= 4 is 23.7 Å². The molecule has 0 saturated carbocycles. The Bertz CT molecular complexity index is 219. The van der Waals surface area contributed by atoms with E-state index < -0.39 is 22.4 Å². The van der Waals surface area contributed by atoms with E-state index in [-0.39, 0.29) is 0 Å². The average molecular weight is 262 g/mol. The molecule has 100 valence electrons. The van der Waals surface area contributed by atoms with Crippen molar-refractivity contribution in [3.05, 3.63) is 0 Å². The highest BCUT2D eigenvalue weighted by molar-refractivity contribution is 8.01. The molecule has 0 aliphatic heterocycles. The Morgan fingerprint density at radius 1 is 0.941 bits per heavy atom. The fourth-order valence-electron chi connectivity index (χ4n) is 1.48. The highest BCUT2D eigenvalue weighted by atomic mass is 32.2. The van der Waals surface area contributed by atoms with Crippen LogP contribution in [0.3, 0.4) is 0 Å². The van der Waals surface area contributed by atoms with E-state index in [9.17, 15) is 9.59 Å². The van der Waals surface area contributed by atoms with Crippen LogP contribution in [0, 0.1) is 0 Å². The molecule has 0 aromatic carbocycles. The summed E-state index contributed by atoms with van der Waals surface area (Å²) in [5.74, 6) is -1.79. The Morgan fingerprint density at radius 2 is 1.29 bits per heavy atom. The number of hydrogen-bond donors (Lipinski definition) is 2. The fourth-order valence-corrected chi connectivity index (χ4v) is 2.71. The molecule has 0 aromatic rings. The van der Waals surface area contributed by atoms with E-state index in [1.54, 1.807) is 0 Å². The standard InChI is InChI=1S/C12H22O4S/c1-3-5-7-9(11(13)14)17-10(12(15)16)8-6-4-2/h9-10H,3-8H2,1-2H3,(H,13,14)(H,15,16). The monoisotopic (exact) mass is 262 g/mol. The summed E-state index contributed by atoms with van der Waals surface area (Å²) in [6, 6.07) is 0. The van der Waals surface area contributed by atoms with E-state index in [4.69, 9.17) is 10.2 Å². The summed E-state index contributed by atoms with van der Waals surface area (Å²) in [6.45, 7) is 3.99. The third-order valence-electron chi connectivity index (χ3n) is 2.52. The van der Waals surface area contributed by atoms with Gasteiger partial charge in [-0.25, -0.2) is 0 Å². The van der Waals surface area contributed by atoms with Gasteiger partial charge in [-0.15, -0.1) is 11.8 Å². The molecule has 2 N–H and O–H groups in total. The van der Waals surface area contributed by atoms with E-state index in [1.807, 2.05) is 13.8 Å². The molecule has 0 bridgehead atoms. The van der Waals surface area contributed by atoms with Gasteiger partial charge >= 0.3 is 11.9 Å². The number of carbonyl (C=O) groups is 2. The van der Waals surface area contributed by atoms with Gasteiger partial charge in [-0.3, -0.25) is 9.59 Å². The second-order valence-electron chi connectivity index (χ2n) is 4.07. The number of aliphatic carboxylic acids is 2. The summed E-state index contributed by atoms with van der Waals surface area (Å²) in [7, 11) is 0. The average Bonchev–Trinajstić information content (AvgIpc) is 2.27. The molecular weight excluding hydrogens is 240 g/mol. The summed E-state index contributed by atoms with van der Waals surface area (Å²) < 4.78 is 0. The number of thioether (sulfide) groups is 1. The van der Waals surface area contributed by atoms with E-state index in [0.29, 0.717) is 12.8 Å². The van der Waals surface area contributed by atoms with Crippen LogP contribution in [0.15, 0.2) is 0 Å². The molecule has 0 radical (unpaired) electrons. The van der Waals surface area contributed by atoms with E-state index >= 15 is 0 Å². The normalized spacial score (nSPS) is 14.2. The van der Waals surface area contributed by atoms with Gasteiger partial charge in [0, 0.05) is 0 Å². The molecule has 0 spiro atoms. The Kier molecular flexibility index (Phi) is 8.94. The molecule has 0 amide bonds. The largest absolute Gasteiger partial charge is 0.480 e. The maximum Gasteiger partial charge on any atom is 0.316 e. The second kappa shape index (κ2) is 9.33. The molecule has 17 heavy (non-hydrogen) atoms. The van der Waals surface area contributed by atoms with Crippen LogP contribution >= 0.6 is 11.8 Å². The van der Waals surface area contributed by atoms with Crippen molar-refractivity contribution in [2.75, 3.05) is 0 Å². The lowest BCUT2D eigenvalue weighted by atomic mass is 10.2. The lowest BCUT2D eigenvalue weighted by Crippen LogP contribution is -2.25. The van der Waals surface area contributed by atoms with Gasteiger partial charge in [0.25, 0.3) is 0 Å². The highest BCUT2D eigenvalue weighted by Crippen LogP contribution is 2.26. The van der Waals surface area contributed by atoms with Crippen molar-refractivity contribution in [3.63, 3.8) is 0 Å². The summed E-state index contributed by atoms with van der Waals surface area (Å²) in [4.78, 5) is 22.0. The van der Waals surface area contributed by atoms with Crippen LogP contribution in [0.25, 0.3) is 0 Å². The van der Waals surface area contributed by atoms with Gasteiger partial charge in [-0.05, 0) is 12.8 Å². The van der Waals surface area contributed by atoms with Gasteiger partial charge in [0.15, 0.2) is 0 Å². The minimum atomic E-state index is -0.897. The number of carboxylic acid groups (broad SMARTS) is 2. The predicted molar refractivity (Wildman–Crippen MR) is 69.5 cm³/mol. The molecule has 0 aromatic heterocycles. The first-order valence-electron chi connectivity index (χ1n) is 6.13. The van der Waals surface area contributed by atoms with Crippen molar-refractivity contribution in [2.24, 2.45) is 0 Å². The van der Waals surface area contributed by atoms with Crippen LogP contribution in [0.1, 0.15) is 52.4 Å². The molecule has 4 nitrogen and oxygen atoms in total. The SMILES string of the molecule is CCCCC(SC(CCCC)C(=O)O)C(=O)O. The van der Waals surface area contributed by atoms with Crippen LogP contribution < -0.4 is 0 Å². The first-order chi connectivity index (χ1) is 8.02. The molecule has 0 rings (SSSR count). The summed E-state index contributed by atoms with van der Waals surface area (Å²) in [5, 5.41) is 16.9. The highest BCUT2D eigenvalue weighted by Gasteiger charge is 2.26. The molecule has 0 aliphatic carbocycles. The van der Waals surface area contributed by atoms with Crippen LogP contribution in [-0.4, -0.2) is 32.7 Å². The van der Waals surface area contributed by atoms with Gasteiger partial charge in [0.05, 0.1) is 0 Å². The van der Waals surface area contributed by atoms with Crippen LogP contribution in [0.2, 0.25) is 0 Å². The van der Waals surface area contributed by atoms with Crippen molar-refractivity contribution in [1.29, 1.82) is 0 Å². The van der Waals surface area contributed by atoms with Crippen molar-refractivity contribution in [3.8, 4) is 0 Å². The smallest absolute Gasteiger partial charge is 0.316 e. The lowest BCUT2D eigenvalue weighted by Gasteiger charge is -2.17. The topological polar surface area (TPSA) is 74.6 Å². The molecule has 0 fully saturated rings. The van der Waals surface area contributed by atoms with Gasteiger partial charge in [-0.1, -0.05) is 39.5 Å². The molecular formula is C12H22O4S. The van der Waals surface area contributed by atoms with Gasteiger partial charge in [-0.2, -0.15) is 0 Å². The van der Waals surface area contributed by atoms with Crippen molar-refractivity contribution < 1.29 is 19.8 Å². The first kappa shape index (κ1) is 16.3. The van der Waals surface area contributed by atoms with Crippen LogP contribution in [0.4, 0.5) is 0 Å². The zero-order chi connectivity index (χ0) is 13.3. The van der Waals surface area contributed by atoms with Gasteiger partial charge < -0.3 is 10.2 Å². The zero-order valence-corrected chi connectivity index (χ0v) is 11.3. The summed E-state index contributed by atoms with van der Waals surface area (Å²) in [6.07, 6.45) is 4.60. The van der Waals surface area contributed by atoms with E-state index in [0.717, 1.165) is 37.4 Å². The minimum Gasteiger partial charge on any atom is -0.480 e. The molecule has 0 aliphatic rings. The number of hydrogen-bond acceptors (Lipinski definition) is 3. The summed E-state index contributed by atoms with van der Waals surface area (Å²) in [5.41, 5.74) is 0. The fraction of sp³-hybridized carbons (Fsp3) is 0.833. The number of rotatable bonds is 10. The molecule has 5 heteroatoms. The zero-order valence-electron chi connectivity index (χ0n) is 10.5. The minimum absolute atomic E-state index is 0.548.